The lowest BCUT2D eigenvalue weighted by atomic mass is 9.82. The van der Waals surface area contributed by atoms with Crippen molar-refractivity contribution in [2.45, 2.75) is 44.9 Å². The molecule has 0 aromatic carbocycles. The second kappa shape index (κ2) is 5.69. The third-order valence-electron chi connectivity index (χ3n) is 3.22. The summed E-state index contributed by atoms with van der Waals surface area (Å²) >= 11 is 0. The maximum absolute atomic E-state index is 8.70. The number of hydrogen-bond acceptors (Lipinski definition) is 1. The van der Waals surface area contributed by atoms with E-state index in [4.69, 9.17) is 14.4 Å². The molecule has 2 N–H and O–H groups in total. The van der Waals surface area contributed by atoms with E-state index in [1.807, 2.05) is 0 Å². The molecule has 2 saturated carbocycles. The Labute approximate surface area is 80.1 Å². The van der Waals surface area contributed by atoms with Gasteiger partial charge < -0.3 is 0 Å². The Bertz CT molecular complexity index is 156. The molecule has 0 aromatic heterocycles. The third kappa shape index (κ3) is 4.17. The number of fused-ring (bicyclic) bond motifs is 1. The summed E-state index contributed by atoms with van der Waals surface area (Å²) in [5, 5.41) is 0. The van der Waals surface area contributed by atoms with Crippen LogP contribution < -0.4 is 0 Å². The molecule has 0 aliphatic heterocycles. The third-order valence-corrected chi connectivity index (χ3v) is 3.22. The molecule has 0 aromatic rings. The standard InChI is InChI=1S/C9H16.HO3P/c1-2-5-9-7-3-6-8(9)4-1;1-4(2)3/h8-9H,1-7H2;(H-,1,2,3)/p+1. The molecular weight excluding hydrogens is 187 g/mol. The predicted molar refractivity (Wildman–Crippen MR) is 51.3 cm³/mol. The van der Waals surface area contributed by atoms with Gasteiger partial charge in [0.05, 0.1) is 0 Å². The lowest BCUT2D eigenvalue weighted by Gasteiger charge is -2.24. The predicted octanol–water partition coefficient (Wildman–Crippen LogP) is 2.61. The zero-order chi connectivity index (χ0) is 9.68. The monoisotopic (exact) mass is 205 g/mol. The minimum atomic E-state index is -2.87. The molecule has 2 aliphatic rings. The second-order valence-electron chi connectivity index (χ2n) is 3.99. The van der Waals surface area contributed by atoms with Crippen molar-refractivity contribution >= 4 is 8.25 Å². The molecule has 2 atom stereocenters. The molecule has 2 rings (SSSR count). The second-order valence-corrected chi connectivity index (χ2v) is 4.49. The molecule has 2 aliphatic carbocycles. The van der Waals surface area contributed by atoms with Crippen LogP contribution in [-0.2, 0) is 4.57 Å². The van der Waals surface area contributed by atoms with E-state index >= 15 is 0 Å². The highest BCUT2D eigenvalue weighted by Crippen LogP contribution is 2.41. The molecule has 0 radical (unpaired) electrons. The Kier molecular flexibility index (Phi) is 4.86. The van der Waals surface area contributed by atoms with Crippen LogP contribution in [0, 0.1) is 11.8 Å². The summed E-state index contributed by atoms with van der Waals surface area (Å²) in [7, 11) is -2.87. The van der Waals surface area contributed by atoms with E-state index in [2.05, 4.69) is 0 Å². The van der Waals surface area contributed by atoms with E-state index in [0.29, 0.717) is 0 Å². The Balaban J connectivity index is 0.000000184. The summed E-state index contributed by atoms with van der Waals surface area (Å²) in [5.74, 6) is 2.33. The van der Waals surface area contributed by atoms with Gasteiger partial charge in [-0.05, 0) is 11.8 Å². The van der Waals surface area contributed by atoms with Gasteiger partial charge in [-0.25, -0.2) is 0 Å². The van der Waals surface area contributed by atoms with Gasteiger partial charge in [0.1, 0.15) is 0 Å². The molecule has 0 amide bonds. The van der Waals surface area contributed by atoms with Crippen LogP contribution in [0.5, 0.6) is 0 Å². The minimum Gasteiger partial charge on any atom is -0.134 e. The van der Waals surface area contributed by atoms with Crippen LogP contribution in [-0.4, -0.2) is 9.79 Å². The molecule has 13 heavy (non-hydrogen) atoms. The van der Waals surface area contributed by atoms with Gasteiger partial charge in [0.15, 0.2) is 0 Å². The molecule has 0 heterocycles. The molecule has 0 spiro atoms. The van der Waals surface area contributed by atoms with Crippen molar-refractivity contribution in [3.63, 3.8) is 0 Å². The van der Waals surface area contributed by atoms with Crippen LogP contribution >= 0.6 is 8.25 Å². The van der Waals surface area contributed by atoms with Crippen molar-refractivity contribution < 1.29 is 14.4 Å². The lowest BCUT2D eigenvalue weighted by Crippen LogP contribution is -2.12. The zero-order valence-electron chi connectivity index (χ0n) is 7.85. The first-order chi connectivity index (χ1) is 6.20. The van der Waals surface area contributed by atoms with Crippen molar-refractivity contribution in [2.24, 2.45) is 11.8 Å². The van der Waals surface area contributed by atoms with Crippen LogP contribution in [0.25, 0.3) is 0 Å². The maximum Gasteiger partial charge on any atom is 0.692 e. The quantitative estimate of drug-likeness (QED) is 0.597. The van der Waals surface area contributed by atoms with E-state index in [9.17, 15) is 0 Å². The van der Waals surface area contributed by atoms with Crippen molar-refractivity contribution in [1.82, 2.24) is 0 Å². The molecule has 76 valence electrons. The van der Waals surface area contributed by atoms with Crippen LogP contribution in [0.4, 0.5) is 0 Å². The fourth-order valence-corrected chi connectivity index (χ4v) is 2.69. The average molecular weight is 205 g/mol. The van der Waals surface area contributed by atoms with Crippen LogP contribution in [0.3, 0.4) is 0 Å². The number of hydrogen-bond donors (Lipinski definition) is 2. The largest absolute Gasteiger partial charge is 0.692 e. The van der Waals surface area contributed by atoms with E-state index in [0.717, 1.165) is 0 Å². The average Bonchev–Trinajstić information content (AvgIpc) is 2.49. The minimum absolute atomic E-state index is 1.17. The zero-order valence-corrected chi connectivity index (χ0v) is 8.75. The summed E-state index contributed by atoms with van der Waals surface area (Å²) in [6, 6.07) is 0. The molecule has 0 saturated heterocycles. The van der Waals surface area contributed by atoms with Gasteiger partial charge >= 0.3 is 8.25 Å². The maximum atomic E-state index is 8.70. The first-order valence-electron chi connectivity index (χ1n) is 5.05. The Morgan fingerprint density at radius 3 is 1.54 bits per heavy atom. The van der Waals surface area contributed by atoms with Crippen molar-refractivity contribution in [2.75, 3.05) is 0 Å². The van der Waals surface area contributed by atoms with Gasteiger partial charge in [0.25, 0.3) is 0 Å². The summed E-state index contributed by atoms with van der Waals surface area (Å²) in [6.45, 7) is 0. The lowest BCUT2D eigenvalue weighted by molar-refractivity contribution is 0.277. The molecular formula is C9H18O3P+. The van der Waals surface area contributed by atoms with E-state index in [1.165, 1.54) is 31.1 Å². The van der Waals surface area contributed by atoms with Crippen molar-refractivity contribution in [1.29, 1.82) is 0 Å². The first-order valence-corrected chi connectivity index (χ1v) is 6.21. The first kappa shape index (κ1) is 11.1. The topological polar surface area (TPSA) is 57.5 Å². The van der Waals surface area contributed by atoms with E-state index in [-0.39, 0.29) is 0 Å². The highest BCUT2D eigenvalue weighted by atomic mass is 31.1. The van der Waals surface area contributed by atoms with Gasteiger partial charge in [-0.1, -0.05) is 44.9 Å². The van der Waals surface area contributed by atoms with E-state index in [1.54, 1.807) is 25.7 Å². The van der Waals surface area contributed by atoms with Crippen molar-refractivity contribution in [3.8, 4) is 0 Å². The van der Waals surface area contributed by atoms with Crippen molar-refractivity contribution in [3.05, 3.63) is 0 Å². The molecule has 3 nitrogen and oxygen atoms in total. The van der Waals surface area contributed by atoms with Gasteiger partial charge in [0, 0.05) is 4.57 Å². The van der Waals surface area contributed by atoms with Gasteiger partial charge in [-0.3, -0.25) is 0 Å². The summed E-state index contributed by atoms with van der Waals surface area (Å²) in [4.78, 5) is 14.2. The van der Waals surface area contributed by atoms with Crippen LogP contribution in [0.1, 0.15) is 44.9 Å². The number of rotatable bonds is 0. The van der Waals surface area contributed by atoms with Gasteiger partial charge in [-0.15, -0.1) is 9.79 Å². The van der Waals surface area contributed by atoms with Crippen LogP contribution in [0.15, 0.2) is 0 Å². The summed E-state index contributed by atoms with van der Waals surface area (Å²) in [5.41, 5.74) is 0. The van der Waals surface area contributed by atoms with E-state index < -0.39 is 8.25 Å². The summed E-state index contributed by atoms with van der Waals surface area (Å²) < 4.78 is 8.70. The molecule has 0 bridgehead atoms. The fourth-order valence-electron chi connectivity index (χ4n) is 2.69. The fraction of sp³-hybridized carbons (Fsp3) is 1.00. The molecule has 2 fully saturated rings. The Morgan fingerprint density at radius 2 is 1.15 bits per heavy atom. The summed E-state index contributed by atoms with van der Waals surface area (Å²) in [6.07, 6.45) is 10.8. The molecule has 4 heteroatoms. The molecule has 2 unspecified atom stereocenters. The van der Waals surface area contributed by atoms with Crippen LogP contribution in [0.2, 0.25) is 0 Å². The Morgan fingerprint density at radius 1 is 0.846 bits per heavy atom. The highest BCUT2D eigenvalue weighted by Gasteiger charge is 2.28. The highest BCUT2D eigenvalue weighted by molar-refractivity contribution is 7.30. The normalized spacial score (nSPS) is 31.5. The van der Waals surface area contributed by atoms with Gasteiger partial charge in [0.2, 0.25) is 0 Å². The Hall–Kier alpha value is 0.0200. The smallest absolute Gasteiger partial charge is 0.134 e. The SMILES string of the molecule is C1CCC2CCCC2C1.O=[P+](O)O. The van der Waals surface area contributed by atoms with Gasteiger partial charge in [-0.2, -0.15) is 0 Å².